The molecule has 1 saturated heterocycles. The molecule has 212 valence electrons. The van der Waals surface area contributed by atoms with Crippen LogP contribution < -0.4 is 21.7 Å². The van der Waals surface area contributed by atoms with Crippen molar-refractivity contribution in [2.45, 2.75) is 50.2 Å². The molecule has 1 aliphatic heterocycles. The van der Waals surface area contributed by atoms with Crippen LogP contribution in [0.25, 0.3) is 10.2 Å². The highest BCUT2D eigenvalue weighted by Crippen LogP contribution is 2.29. The number of benzene rings is 2. The second kappa shape index (κ2) is 13.6. The minimum Gasteiger partial charge on any atom is -0.370 e. The van der Waals surface area contributed by atoms with Crippen molar-refractivity contribution in [2.75, 3.05) is 20.1 Å². The van der Waals surface area contributed by atoms with Crippen LogP contribution in [0.15, 0.2) is 48.5 Å². The number of nitrogens with two attached hydrogens (primary N) is 1. The van der Waals surface area contributed by atoms with Gasteiger partial charge in [0.15, 0.2) is 11.0 Å². The quantitative estimate of drug-likeness (QED) is 0.0966. The Bertz CT molecular complexity index is 1370. The number of aromatic nitrogens is 1. The highest BCUT2D eigenvalue weighted by atomic mass is 32.1. The van der Waals surface area contributed by atoms with Crippen molar-refractivity contribution in [1.29, 1.82) is 5.41 Å². The third-order valence-corrected chi connectivity index (χ3v) is 8.06. The number of halogens is 1. The SMILES string of the molecule is CN[C@H](Cc1ccccc1)C(=O)NC(=O)[C@@H]1CCCN1[C@@H](CCCNC(=N)N)C(=O)c1nc2ccc(F)cc2s1. The molecule has 3 atom stereocenters. The van der Waals surface area contributed by atoms with E-state index in [9.17, 15) is 18.8 Å². The summed E-state index contributed by atoms with van der Waals surface area (Å²) >= 11 is 1.12. The molecule has 2 amide bonds. The van der Waals surface area contributed by atoms with Crippen LogP contribution in [0.3, 0.4) is 0 Å². The molecule has 1 fully saturated rings. The van der Waals surface area contributed by atoms with E-state index in [1.807, 2.05) is 35.2 Å². The van der Waals surface area contributed by atoms with Crippen molar-refractivity contribution in [2.24, 2.45) is 5.73 Å². The normalized spacial score (nSPS) is 16.9. The van der Waals surface area contributed by atoms with Crippen molar-refractivity contribution in [3.8, 4) is 0 Å². The molecule has 4 rings (SSSR count). The number of amides is 2. The number of likely N-dealkylation sites (tertiary alicyclic amines) is 1. The van der Waals surface area contributed by atoms with Crippen LogP contribution in [-0.4, -0.2) is 71.7 Å². The molecule has 0 spiro atoms. The molecule has 6 N–H and O–H groups in total. The molecule has 0 bridgehead atoms. The number of nitrogens with one attached hydrogen (secondary N) is 4. The zero-order valence-electron chi connectivity index (χ0n) is 22.3. The van der Waals surface area contributed by atoms with Crippen LogP contribution in [0.5, 0.6) is 0 Å². The number of rotatable bonds is 12. The number of likely N-dealkylation sites (N-methyl/N-ethyl adjacent to an activating group) is 1. The molecule has 0 radical (unpaired) electrons. The van der Waals surface area contributed by atoms with Crippen LogP contribution in [-0.2, 0) is 16.0 Å². The first kappa shape index (κ1) is 29.2. The van der Waals surface area contributed by atoms with Gasteiger partial charge in [-0.05, 0) is 69.5 Å². The van der Waals surface area contributed by atoms with Gasteiger partial charge in [0, 0.05) is 6.54 Å². The Kier molecular flexibility index (Phi) is 9.91. The average molecular weight is 568 g/mol. The summed E-state index contributed by atoms with van der Waals surface area (Å²) in [7, 11) is 1.67. The summed E-state index contributed by atoms with van der Waals surface area (Å²) in [5.74, 6) is -1.70. The van der Waals surface area contributed by atoms with Gasteiger partial charge in [-0.2, -0.15) is 0 Å². The molecule has 3 aromatic rings. The lowest BCUT2D eigenvalue weighted by Crippen LogP contribution is -2.54. The van der Waals surface area contributed by atoms with Gasteiger partial charge in [-0.1, -0.05) is 30.3 Å². The average Bonchev–Trinajstić information content (AvgIpc) is 3.59. The maximum absolute atomic E-state index is 13.8. The fraction of sp³-hybridized carbons (Fsp3) is 0.393. The summed E-state index contributed by atoms with van der Waals surface area (Å²) < 4.78 is 14.3. The van der Waals surface area contributed by atoms with Crippen molar-refractivity contribution in [3.63, 3.8) is 0 Å². The van der Waals surface area contributed by atoms with E-state index in [2.05, 4.69) is 20.9 Å². The fourth-order valence-electron chi connectivity index (χ4n) is 5.02. The Morgan fingerprint density at radius 3 is 2.73 bits per heavy atom. The third kappa shape index (κ3) is 7.26. The zero-order chi connectivity index (χ0) is 28.6. The van der Waals surface area contributed by atoms with E-state index < -0.39 is 35.8 Å². The molecule has 1 aromatic heterocycles. The van der Waals surface area contributed by atoms with Crippen molar-refractivity contribution < 1.29 is 18.8 Å². The van der Waals surface area contributed by atoms with Gasteiger partial charge < -0.3 is 16.4 Å². The number of fused-ring (bicyclic) bond motifs is 1. The summed E-state index contributed by atoms with van der Waals surface area (Å²) in [6.45, 7) is 0.887. The first-order valence-electron chi connectivity index (χ1n) is 13.3. The third-order valence-electron chi connectivity index (χ3n) is 7.02. The highest BCUT2D eigenvalue weighted by molar-refractivity contribution is 7.20. The maximum atomic E-state index is 13.8. The number of carbonyl (C=O) groups is 3. The van der Waals surface area contributed by atoms with Crippen LogP contribution in [0.4, 0.5) is 4.39 Å². The lowest BCUT2D eigenvalue weighted by Gasteiger charge is -2.31. The number of carbonyl (C=O) groups excluding carboxylic acids is 3. The second-order valence-corrected chi connectivity index (χ2v) is 10.8. The van der Waals surface area contributed by atoms with E-state index in [0.29, 0.717) is 55.4 Å². The van der Waals surface area contributed by atoms with Gasteiger partial charge in [0.25, 0.3) is 0 Å². The maximum Gasteiger partial charge on any atom is 0.244 e. The topological polar surface area (TPSA) is 153 Å². The minimum absolute atomic E-state index is 0.164. The first-order chi connectivity index (χ1) is 19.3. The standard InChI is InChI=1S/C28H34FN7O3S/c1-32-20(15-17-7-3-2-4-8-17)25(38)35-26(39)22-10-6-14-36(22)21(9-5-13-33-28(30)31)24(37)27-34-19-12-11-18(29)16-23(19)40-27/h2-4,7-8,11-12,16,20-22,32H,5-6,9-10,13-15H2,1H3,(H4,30,31,33)(H,35,38,39)/t20-,21+,22+/m1/s1. The summed E-state index contributed by atoms with van der Waals surface area (Å²) in [6.07, 6.45) is 2.51. The second-order valence-electron chi connectivity index (χ2n) is 9.77. The van der Waals surface area contributed by atoms with E-state index in [0.717, 1.165) is 16.9 Å². The lowest BCUT2D eigenvalue weighted by molar-refractivity contribution is -0.134. The van der Waals surface area contributed by atoms with Gasteiger partial charge in [0.05, 0.1) is 28.3 Å². The molecule has 12 heteroatoms. The van der Waals surface area contributed by atoms with E-state index in [1.165, 1.54) is 18.2 Å². The van der Waals surface area contributed by atoms with Gasteiger partial charge in [0.1, 0.15) is 5.82 Å². The first-order valence-corrected chi connectivity index (χ1v) is 14.1. The number of guanidine groups is 1. The summed E-state index contributed by atoms with van der Waals surface area (Å²) in [4.78, 5) is 46.5. The fourth-order valence-corrected chi connectivity index (χ4v) is 6.00. The Balaban J connectivity index is 1.50. The molecular formula is C28H34FN7O3S. The van der Waals surface area contributed by atoms with Crippen molar-refractivity contribution in [1.82, 2.24) is 25.8 Å². The molecule has 0 saturated carbocycles. The van der Waals surface area contributed by atoms with Crippen molar-refractivity contribution in [3.05, 3.63) is 64.9 Å². The smallest absolute Gasteiger partial charge is 0.244 e. The number of hydrogen-bond donors (Lipinski definition) is 5. The summed E-state index contributed by atoms with van der Waals surface area (Å²) in [5, 5.41) is 15.9. The molecule has 1 aliphatic rings. The molecule has 0 aliphatic carbocycles. The number of hydrogen-bond acceptors (Lipinski definition) is 8. The molecule has 10 nitrogen and oxygen atoms in total. The van der Waals surface area contributed by atoms with Crippen LogP contribution in [0.1, 0.15) is 41.0 Å². The number of ketones is 1. The number of thiazole rings is 1. The molecule has 2 aromatic carbocycles. The van der Waals surface area contributed by atoms with E-state index >= 15 is 0 Å². The van der Waals surface area contributed by atoms with Gasteiger partial charge in [-0.25, -0.2) is 9.37 Å². The molecule has 40 heavy (non-hydrogen) atoms. The largest absolute Gasteiger partial charge is 0.370 e. The van der Waals surface area contributed by atoms with Crippen molar-refractivity contribution >= 4 is 45.1 Å². The van der Waals surface area contributed by atoms with Gasteiger partial charge in [-0.15, -0.1) is 11.3 Å². The molecular weight excluding hydrogens is 533 g/mol. The van der Waals surface area contributed by atoms with Crippen LogP contribution >= 0.6 is 11.3 Å². The van der Waals surface area contributed by atoms with Crippen LogP contribution in [0, 0.1) is 11.2 Å². The van der Waals surface area contributed by atoms with E-state index in [4.69, 9.17) is 11.1 Å². The Hall–Kier alpha value is -3.74. The number of Topliss-reactive ketones (excluding diaryl/α,β-unsaturated/α-hetero) is 1. The predicted octanol–water partition coefficient (Wildman–Crippen LogP) is 2.19. The molecule has 0 unspecified atom stereocenters. The Morgan fingerprint density at radius 1 is 1.23 bits per heavy atom. The van der Waals surface area contributed by atoms with Gasteiger partial charge >= 0.3 is 0 Å². The van der Waals surface area contributed by atoms with E-state index in [1.54, 1.807) is 7.05 Å². The Morgan fingerprint density at radius 2 is 2.00 bits per heavy atom. The summed E-state index contributed by atoms with van der Waals surface area (Å²) in [5.41, 5.74) is 6.89. The van der Waals surface area contributed by atoms with Gasteiger partial charge in [0.2, 0.25) is 17.6 Å². The number of nitrogens with zero attached hydrogens (tertiary/aromatic N) is 2. The monoisotopic (exact) mass is 567 g/mol. The minimum atomic E-state index is -0.683. The summed E-state index contributed by atoms with van der Waals surface area (Å²) in [6, 6.07) is 11.8. The highest BCUT2D eigenvalue weighted by Gasteiger charge is 2.40. The predicted molar refractivity (Wildman–Crippen MR) is 153 cm³/mol. The Labute approximate surface area is 236 Å². The zero-order valence-corrected chi connectivity index (χ0v) is 23.1. The van der Waals surface area contributed by atoms with Crippen LogP contribution in [0.2, 0.25) is 0 Å². The lowest BCUT2D eigenvalue weighted by atomic mass is 10.0. The van der Waals surface area contributed by atoms with Gasteiger partial charge in [-0.3, -0.25) is 30.0 Å². The number of imide groups is 1. The van der Waals surface area contributed by atoms with E-state index in [-0.39, 0.29) is 16.8 Å². The molecule has 2 heterocycles.